The van der Waals surface area contributed by atoms with Crippen molar-refractivity contribution < 1.29 is 4.79 Å². The third-order valence-electron chi connectivity index (χ3n) is 6.23. The van der Waals surface area contributed by atoms with Crippen molar-refractivity contribution in [2.45, 2.75) is 31.8 Å². The van der Waals surface area contributed by atoms with Gasteiger partial charge in [0.1, 0.15) is 22.7 Å². The fourth-order valence-electron chi connectivity index (χ4n) is 4.61. The molecule has 5 rings (SSSR count). The van der Waals surface area contributed by atoms with Crippen molar-refractivity contribution in [2.75, 3.05) is 19.6 Å². The molecule has 5 heterocycles. The molecule has 0 atom stereocenters. The van der Waals surface area contributed by atoms with Gasteiger partial charge >= 0.3 is 0 Å². The predicted molar refractivity (Wildman–Crippen MR) is 119 cm³/mol. The molecule has 0 saturated carbocycles. The minimum atomic E-state index is -0.181. The SMILES string of the molecule is Cn1nccc1C(=O)NCc1nc2cnc3[nH]ccc3c2n1C1CCN(CCC#N)CC1. The molecule has 10 heteroatoms. The quantitative estimate of drug-likeness (QED) is 0.482. The Morgan fingerprint density at radius 3 is 2.94 bits per heavy atom. The van der Waals surface area contributed by atoms with E-state index in [0.717, 1.165) is 60.4 Å². The van der Waals surface area contributed by atoms with E-state index >= 15 is 0 Å². The van der Waals surface area contributed by atoms with E-state index in [1.807, 2.05) is 12.3 Å². The number of piperidine rings is 1. The van der Waals surface area contributed by atoms with Crippen molar-refractivity contribution in [1.29, 1.82) is 5.26 Å². The van der Waals surface area contributed by atoms with Crippen LogP contribution in [0.3, 0.4) is 0 Å². The van der Waals surface area contributed by atoms with Crippen LogP contribution in [0.2, 0.25) is 0 Å². The van der Waals surface area contributed by atoms with Crippen LogP contribution in [0.15, 0.2) is 30.7 Å². The van der Waals surface area contributed by atoms with Crippen molar-refractivity contribution in [3.63, 3.8) is 0 Å². The lowest BCUT2D eigenvalue weighted by atomic mass is 10.0. The molecule has 0 spiro atoms. The Bertz CT molecular complexity index is 1300. The summed E-state index contributed by atoms with van der Waals surface area (Å²) in [7, 11) is 1.75. The summed E-state index contributed by atoms with van der Waals surface area (Å²) in [6, 6.07) is 6.23. The summed E-state index contributed by atoms with van der Waals surface area (Å²) < 4.78 is 3.85. The summed E-state index contributed by atoms with van der Waals surface area (Å²) in [6.07, 6.45) is 7.78. The van der Waals surface area contributed by atoms with E-state index in [0.29, 0.717) is 18.7 Å². The number of aromatic amines is 1. The number of nitriles is 1. The van der Waals surface area contributed by atoms with Gasteiger partial charge in [-0.05, 0) is 25.0 Å². The molecule has 0 aromatic carbocycles. The minimum absolute atomic E-state index is 0.181. The van der Waals surface area contributed by atoms with Gasteiger partial charge in [-0.3, -0.25) is 9.48 Å². The number of carbonyl (C=O) groups is 1. The maximum Gasteiger partial charge on any atom is 0.269 e. The Balaban J connectivity index is 1.47. The summed E-state index contributed by atoms with van der Waals surface area (Å²) >= 11 is 0. The van der Waals surface area contributed by atoms with Gasteiger partial charge < -0.3 is 19.8 Å². The largest absolute Gasteiger partial charge is 0.346 e. The van der Waals surface area contributed by atoms with E-state index in [1.54, 1.807) is 30.2 Å². The van der Waals surface area contributed by atoms with Crippen LogP contribution in [0.25, 0.3) is 22.1 Å². The molecular weight excluding hydrogens is 406 g/mol. The van der Waals surface area contributed by atoms with Crippen molar-refractivity contribution in [3.8, 4) is 6.07 Å². The molecule has 1 amide bonds. The van der Waals surface area contributed by atoms with E-state index in [1.165, 1.54) is 0 Å². The van der Waals surface area contributed by atoms with E-state index in [4.69, 9.17) is 10.2 Å². The number of imidazole rings is 1. The first kappa shape index (κ1) is 20.2. The fourth-order valence-corrected chi connectivity index (χ4v) is 4.61. The summed E-state index contributed by atoms with van der Waals surface area (Å²) in [5, 5.41) is 17.0. The summed E-state index contributed by atoms with van der Waals surface area (Å²) in [5.74, 6) is 0.640. The number of fused-ring (bicyclic) bond motifs is 3. The van der Waals surface area contributed by atoms with Crippen LogP contribution in [0, 0.1) is 11.3 Å². The number of aromatic nitrogens is 6. The number of H-pyrrole nitrogens is 1. The molecule has 0 aliphatic carbocycles. The van der Waals surface area contributed by atoms with Crippen LogP contribution >= 0.6 is 0 Å². The van der Waals surface area contributed by atoms with E-state index in [9.17, 15) is 4.79 Å². The zero-order chi connectivity index (χ0) is 22.1. The smallest absolute Gasteiger partial charge is 0.269 e. The summed E-state index contributed by atoms with van der Waals surface area (Å²) in [4.78, 5) is 27.5. The molecule has 10 nitrogen and oxygen atoms in total. The first-order valence-corrected chi connectivity index (χ1v) is 10.8. The van der Waals surface area contributed by atoms with Crippen LogP contribution in [-0.4, -0.2) is 59.7 Å². The third kappa shape index (κ3) is 3.61. The summed E-state index contributed by atoms with van der Waals surface area (Å²) in [6.45, 7) is 3.01. The number of nitrogens with one attached hydrogen (secondary N) is 2. The molecule has 1 saturated heterocycles. The fraction of sp³-hybridized carbons (Fsp3) is 0.409. The van der Waals surface area contributed by atoms with Gasteiger partial charge in [-0.2, -0.15) is 10.4 Å². The third-order valence-corrected chi connectivity index (χ3v) is 6.23. The number of hydrogen-bond acceptors (Lipinski definition) is 6. The maximum absolute atomic E-state index is 12.7. The van der Waals surface area contributed by atoms with Gasteiger partial charge in [0.15, 0.2) is 0 Å². The van der Waals surface area contributed by atoms with Crippen LogP contribution in [0.5, 0.6) is 0 Å². The second-order valence-corrected chi connectivity index (χ2v) is 8.13. The van der Waals surface area contributed by atoms with Crippen LogP contribution in [0.1, 0.15) is 41.6 Å². The molecule has 0 bridgehead atoms. The Hall–Kier alpha value is -3.71. The molecule has 1 fully saturated rings. The lowest BCUT2D eigenvalue weighted by Crippen LogP contribution is -2.36. The van der Waals surface area contributed by atoms with Crippen molar-refractivity contribution in [3.05, 3.63) is 42.2 Å². The molecule has 2 N–H and O–H groups in total. The Labute approximate surface area is 184 Å². The van der Waals surface area contributed by atoms with Gasteiger partial charge in [0, 0.05) is 56.9 Å². The molecule has 1 aliphatic heterocycles. The summed E-state index contributed by atoms with van der Waals surface area (Å²) in [5.41, 5.74) is 3.22. The minimum Gasteiger partial charge on any atom is -0.346 e. The number of nitrogens with zero attached hydrogens (tertiary/aromatic N) is 7. The maximum atomic E-state index is 12.7. The number of pyridine rings is 1. The lowest BCUT2D eigenvalue weighted by Gasteiger charge is -2.33. The number of carbonyl (C=O) groups excluding carboxylic acids is 1. The van der Waals surface area contributed by atoms with Crippen LogP contribution in [-0.2, 0) is 13.6 Å². The Morgan fingerprint density at radius 1 is 1.34 bits per heavy atom. The molecule has 4 aromatic rings. The van der Waals surface area contributed by atoms with E-state index < -0.39 is 0 Å². The first-order chi connectivity index (χ1) is 15.7. The predicted octanol–water partition coefficient (Wildman–Crippen LogP) is 2.13. The van der Waals surface area contributed by atoms with Gasteiger partial charge in [0.05, 0.1) is 24.3 Å². The van der Waals surface area contributed by atoms with E-state index in [-0.39, 0.29) is 11.9 Å². The van der Waals surface area contributed by atoms with Gasteiger partial charge in [-0.1, -0.05) is 0 Å². The molecule has 164 valence electrons. The lowest BCUT2D eigenvalue weighted by molar-refractivity contribution is 0.0939. The number of amides is 1. The van der Waals surface area contributed by atoms with E-state index in [2.05, 4.69) is 35.9 Å². The normalized spacial score (nSPS) is 15.4. The van der Waals surface area contributed by atoms with Gasteiger partial charge in [0.25, 0.3) is 5.91 Å². The monoisotopic (exact) mass is 431 g/mol. The van der Waals surface area contributed by atoms with Gasteiger partial charge in [-0.25, -0.2) is 9.97 Å². The number of aryl methyl sites for hydroxylation is 1. The number of likely N-dealkylation sites (tertiary alicyclic amines) is 1. The standard InChI is InChI=1S/C22H25N9O/c1-29-18(4-9-27-29)22(32)26-14-19-28-17-13-25-21-16(3-8-24-21)20(17)31(19)15-5-11-30(12-6-15)10-2-7-23/h3-4,8-9,13,15H,2,5-6,10-12,14H2,1H3,(H,24,25)(H,26,32). The highest BCUT2D eigenvalue weighted by molar-refractivity contribution is 6.01. The van der Waals surface area contributed by atoms with Gasteiger partial charge in [0.2, 0.25) is 0 Å². The molecule has 32 heavy (non-hydrogen) atoms. The Morgan fingerprint density at radius 2 is 2.19 bits per heavy atom. The van der Waals surface area contributed by atoms with Crippen molar-refractivity contribution in [2.24, 2.45) is 7.05 Å². The average molecular weight is 432 g/mol. The molecule has 4 aromatic heterocycles. The number of hydrogen-bond donors (Lipinski definition) is 2. The van der Waals surface area contributed by atoms with Crippen LogP contribution in [0.4, 0.5) is 0 Å². The molecule has 0 radical (unpaired) electrons. The van der Waals surface area contributed by atoms with Crippen molar-refractivity contribution in [1.82, 2.24) is 39.5 Å². The zero-order valence-electron chi connectivity index (χ0n) is 18.0. The molecule has 0 unspecified atom stereocenters. The zero-order valence-corrected chi connectivity index (χ0v) is 18.0. The van der Waals surface area contributed by atoms with Crippen molar-refractivity contribution >= 4 is 28.0 Å². The second kappa shape index (κ2) is 8.43. The average Bonchev–Trinajstić information content (AvgIpc) is 3.53. The number of rotatable bonds is 6. The topological polar surface area (TPSA) is 120 Å². The first-order valence-electron chi connectivity index (χ1n) is 10.8. The highest BCUT2D eigenvalue weighted by atomic mass is 16.2. The highest BCUT2D eigenvalue weighted by Crippen LogP contribution is 2.32. The second-order valence-electron chi connectivity index (χ2n) is 8.13. The van der Waals surface area contributed by atoms with Gasteiger partial charge in [-0.15, -0.1) is 0 Å². The van der Waals surface area contributed by atoms with Crippen LogP contribution < -0.4 is 5.32 Å². The highest BCUT2D eigenvalue weighted by Gasteiger charge is 2.26. The molecule has 1 aliphatic rings. The molecular formula is C22H25N9O. The Kier molecular flexibility index (Phi) is 5.33.